The topological polar surface area (TPSA) is 58.6 Å². The summed E-state index contributed by atoms with van der Waals surface area (Å²) in [7, 11) is 0. The molecule has 5 nitrogen and oxygen atoms in total. The highest BCUT2D eigenvalue weighted by Gasteiger charge is 2.38. The van der Waals surface area contributed by atoms with Crippen molar-refractivity contribution in [2.45, 2.75) is 19.1 Å². The van der Waals surface area contributed by atoms with Crippen molar-refractivity contribution in [3.05, 3.63) is 71.8 Å². The maximum atomic E-state index is 12.0. The van der Waals surface area contributed by atoms with Gasteiger partial charge in [-0.2, -0.15) is 0 Å². The Morgan fingerprint density at radius 2 is 1.65 bits per heavy atom. The molecular weight excluding hydrogens is 292 g/mol. The van der Waals surface area contributed by atoms with E-state index < -0.39 is 6.04 Å². The van der Waals surface area contributed by atoms with Crippen molar-refractivity contribution in [3.8, 4) is 0 Å². The number of carbonyl (C=O) groups excluding carboxylic acids is 2. The molecule has 2 amide bonds. The van der Waals surface area contributed by atoms with Crippen LogP contribution >= 0.6 is 0 Å². The van der Waals surface area contributed by atoms with Crippen LogP contribution in [0.2, 0.25) is 0 Å². The average Bonchev–Trinajstić information content (AvgIpc) is 2.59. The summed E-state index contributed by atoms with van der Waals surface area (Å²) in [6, 6.07) is 18.6. The van der Waals surface area contributed by atoms with E-state index in [0.717, 1.165) is 11.1 Å². The van der Waals surface area contributed by atoms with Gasteiger partial charge in [-0.15, -0.1) is 0 Å². The monoisotopic (exact) mass is 310 g/mol. The number of hydroxylamine groups is 2. The van der Waals surface area contributed by atoms with Crippen LogP contribution in [0.25, 0.3) is 0 Å². The fourth-order valence-corrected chi connectivity index (χ4v) is 2.37. The van der Waals surface area contributed by atoms with Crippen molar-refractivity contribution < 1.29 is 14.4 Å². The predicted molar refractivity (Wildman–Crippen MR) is 85.0 cm³/mol. The molecule has 0 unspecified atom stereocenters. The Balaban J connectivity index is 1.42. The maximum absolute atomic E-state index is 12.0. The lowest BCUT2D eigenvalue weighted by Crippen LogP contribution is -2.63. The minimum Gasteiger partial charge on any atom is -0.342 e. The molecule has 1 heterocycles. The van der Waals surface area contributed by atoms with E-state index in [2.05, 4.69) is 5.32 Å². The molecule has 0 aliphatic carbocycles. The van der Waals surface area contributed by atoms with E-state index in [4.69, 9.17) is 4.84 Å². The first-order valence-electron chi connectivity index (χ1n) is 7.54. The number of rotatable bonds is 6. The van der Waals surface area contributed by atoms with E-state index in [1.807, 2.05) is 60.7 Å². The van der Waals surface area contributed by atoms with Gasteiger partial charge in [-0.1, -0.05) is 60.7 Å². The first-order valence-corrected chi connectivity index (χ1v) is 7.54. The van der Waals surface area contributed by atoms with E-state index in [-0.39, 0.29) is 18.2 Å². The van der Waals surface area contributed by atoms with E-state index in [9.17, 15) is 9.59 Å². The molecule has 0 aromatic heterocycles. The summed E-state index contributed by atoms with van der Waals surface area (Å²) >= 11 is 0. The molecule has 3 rings (SSSR count). The molecule has 1 aliphatic rings. The van der Waals surface area contributed by atoms with Crippen LogP contribution in [-0.4, -0.2) is 29.5 Å². The van der Waals surface area contributed by atoms with Crippen molar-refractivity contribution in [1.29, 1.82) is 0 Å². The number of benzene rings is 2. The summed E-state index contributed by atoms with van der Waals surface area (Å²) in [6.45, 7) is 0.726. The van der Waals surface area contributed by atoms with Crippen molar-refractivity contribution >= 4 is 11.8 Å². The highest BCUT2D eigenvalue weighted by molar-refractivity contribution is 5.92. The molecule has 2 aromatic rings. The smallest absolute Gasteiger partial charge is 0.270 e. The van der Waals surface area contributed by atoms with E-state index in [1.165, 1.54) is 5.06 Å². The highest BCUT2D eigenvalue weighted by atomic mass is 16.7. The molecule has 0 saturated carbocycles. The van der Waals surface area contributed by atoms with Crippen molar-refractivity contribution in [1.82, 2.24) is 10.4 Å². The Kier molecular flexibility index (Phi) is 4.68. The molecule has 5 heteroatoms. The molecule has 0 bridgehead atoms. The van der Waals surface area contributed by atoms with Gasteiger partial charge in [-0.05, 0) is 11.1 Å². The van der Waals surface area contributed by atoms with Crippen LogP contribution in [0.4, 0.5) is 0 Å². The SMILES string of the molecule is O=C(Cc1ccccc1)N[C@H]1CN(OCc2ccccc2)C1=O. The lowest BCUT2D eigenvalue weighted by molar-refractivity contribution is -0.219. The Morgan fingerprint density at radius 1 is 1.04 bits per heavy atom. The van der Waals surface area contributed by atoms with E-state index in [0.29, 0.717) is 13.2 Å². The van der Waals surface area contributed by atoms with E-state index >= 15 is 0 Å². The average molecular weight is 310 g/mol. The molecule has 1 fully saturated rings. The van der Waals surface area contributed by atoms with Gasteiger partial charge in [0.15, 0.2) is 0 Å². The fraction of sp³-hybridized carbons (Fsp3) is 0.222. The molecule has 23 heavy (non-hydrogen) atoms. The lowest BCUT2D eigenvalue weighted by atomic mass is 10.1. The molecule has 0 spiro atoms. The Hall–Kier alpha value is -2.66. The zero-order valence-electron chi connectivity index (χ0n) is 12.6. The van der Waals surface area contributed by atoms with Crippen LogP contribution in [0.3, 0.4) is 0 Å². The van der Waals surface area contributed by atoms with Gasteiger partial charge in [-0.25, -0.2) is 5.06 Å². The Bertz CT molecular complexity index is 673. The first kappa shape index (κ1) is 15.2. The van der Waals surface area contributed by atoms with Gasteiger partial charge >= 0.3 is 0 Å². The van der Waals surface area contributed by atoms with Crippen LogP contribution in [0, 0.1) is 0 Å². The van der Waals surface area contributed by atoms with Gasteiger partial charge < -0.3 is 5.32 Å². The van der Waals surface area contributed by atoms with E-state index in [1.54, 1.807) is 0 Å². The van der Waals surface area contributed by atoms with Gasteiger partial charge in [0.05, 0.1) is 13.0 Å². The fourth-order valence-electron chi connectivity index (χ4n) is 2.37. The molecule has 2 aromatic carbocycles. The number of hydrogen-bond donors (Lipinski definition) is 1. The molecule has 1 aliphatic heterocycles. The number of carbonyl (C=O) groups is 2. The van der Waals surface area contributed by atoms with Gasteiger partial charge in [0.1, 0.15) is 12.6 Å². The number of nitrogens with one attached hydrogen (secondary N) is 1. The summed E-state index contributed by atoms with van der Waals surface area (Å²) in [4.78, 5) is 29.3. The maximum Gasteiger partial charge on any atom is 0.270 e. The molecule has 1 saturated heterocycles. The second-order valence-electron chi connectivity index (χ2n) is 5.44. The molecular formula is C18H18N2O3. The Morgan fingerprint density at radius 3 is 2.26 bits per heavy atom. The second kappa shape index (κ2) is 7.07. The third kappa shape index (κ3) is 3.96. The third-order valence-electron chi connectivity index (χ3n) is 3.66. The number of amides is 2. The first-order chi connectivity index (χ1) is 11.2. The third-order valence-corrected chi connectivity index (χ3v) is 3.66. The summed E-state index contributed by atoms with van der Waals surface area (Å²) in [6.07, 6.45) is 0.273. The summed E-state index contributed by atoms with van der Waals surface area (Å²) in [5, 5.41) is 4.02. The molecule has 1 N–H and O–H groups in total. The van der Waals surface area contributed by atoms with Gasteiger partial charge in [0.2, 0.25) is 5.91 Å². The highest BCUT2D eigenvalue weighted by Crippen LogP contribution is 2.13. The number of β-lactam (4-membered cyclic amide) rings is 1. The van der Waals surface area contributed by atoms with Crippen molar-refractivity contribution in [2.24, 2.45) is 0 Å². The zero-order chi connectivity index (χ0) is 16.1. The van der Waals surface area contributed by atoms with Crippen LogP contribution in [-0.2, 0) is 27.5 Å². The van der Waals surface area contributed by atoms with Gasteiger partial charge in [-0.3, -0.25) is 14.4 Å². The normalized spacial score (nSPS) is 16.8. The lowest BCUT2D eigenvalue weighted by Gasteiger charge is -2.37. The number of nitrogens with zero attached hydrogens (tertiary/aromatic N) is 1. The zero-order valence-corrected chi connectivity index (χ0v) is 12.6. The summed E-state index contributed by atoms with van der Waals surface area (Å²) in [5.74, 6) is -0.361. The minimum atomic E-state index is -0.484. The van der Waals surface area contributed by atoms with Gasteiger partial charge in [0.25, 0.3) is 5.91 Å². The largest absolute Gasteiger partial charge is 0.342 e. The van der Waals surface area contributed by atoms with Crippen LogP contribution in [0.15, 0.2) is 60.7 Å². The number of hydrogen-bond acceptors (Lipinski definition) is 3. The van der Waals surface area contributed by atoms with Crippen LogP contribution < -0.4 is 5.32 Å². The predicted octanol–water partition coefficient (Wildman–Crippen LogP) is 1.69. The van der Waals surface area contributed by atoms with Crippen molar-refractivity contribution in [2.75, 3.05) is 6.54 Å². The quantitative estimate of drug-likeness (QED) is 0.826. The summed E-state index contributed by atoms with van der Waals surface area (Å²) in [5.41, 5.74) is 1.92. The standard InChI is InChI=1S/C18H18N2O3/c21-17(11-14-7-3-1-4-8-14)19-16-12-20(18(16)22)23-13-15-9-5-2-6-10-15/h1-10,16H,11-13H2,(H,19,21)/t16-/m0/s1. The van der Waals surface area contributed by atoms with Crippen LogP contribution in [0.5, 0.6) is 0 Å². The molecule has 1 atom stereocenters. The Labute approximate surface area is 134 Å². The second-order valence-corrected chi connectivity index (χ2v) is 5.44. The summed E-state index contributed by atoms with van der Waals surface area (Å²) < 4.78 is 0. The molecule has 118 valence electrons. The van der Waals surface area contributed by atoms with Gasteiger partial charge in [0, 0.05) is 0 Å². The van der Waals surface area contributed by atoms with Crippen LogP contribution in [0.1, 0.15) is 11.1 Å². The minimum absolute atomic E-state index is 0.155. The molecule has 0 radical (unpaired) electrons. The van der Waals surface area contributed by atoms with Crippen molar-refractivity contribution in [3.63, 3.8) is 0 Å².